The average Bonchev–Trinajstić information content (AvgIpc) is 3.27. The second kappa shape index (κ2) is 14.7. The Kier molecular flexibility index (Phi) is 11.1. The molecule has 1 heterocycles. The lowest BCUT2D eigenvalue weighted by molar-refractivity contribution is -0.125. The number of thiol groups is 1. The number of aromatic carboxylic acids is 1. The highest BCUT2D eigenvalue weighted by atomic mass is 35.5. The van der Waals surface area contributed by atoms with Crippen molar-refractivity contribution >= 4 is 36.1 Å². The Balaban J connectivity index is 1.51. The van der Waals surface area contributed by atoms with Crippen LogP contribution >= 0.6 is 24.2 Å². The van der Waals surface area contributed by atoms with Crippen LogP contribution in [0.5, 0.6) is 0 Å². The Labute approximate surface area is 248 Å². The standard InChI is InChI=1S/C32H40ClN3O3S/c1-2-3-13-29-35-30(33)28(19-34-31(37)25(21-40)18-22-9-5-4-6-10-22)36(29)20-23-14-16-24(17-15-23)26-11-7-8-12-27(26)32(38)39/h7-8,11-12,14-17,22,25,40H,2-6,9-10,13,18-21H2,1H3,(H,34,37)(H,38,39). The van der Waals surface area contributed by atoms with Gasteiger partial charge in [-0.25, -0.2) is 9.78 Å². The second-order valence-corrected chi connectivity index (χ2v) is 11.6. The van der Waals surface area contributed by atoms with Crippen LogP contribution in [0, 0.1) is 11.8 Å². The topological polar surface area (TPSA) is 84.2 Å². The first-order valence-corrected chi connectivity index (χ1v) is 15.5. The number of imidazole rings is 1. The van der Waals surface area contributed by atoms with Gasteiger partial charge < -0.3 is 15.0 Å². The van der Waals surface area contributed by atoms with E-state index in [1.165, 1.54) is 32.1 Å². The maximum Gasteiger partial charge on any atom is 0.336 e. The summed E-state index contributed by atoms with van der Waals surface area (Å²) in [6, 6.07) is 14.9. The van der Waals surface area contributed by atoms with Crippen LogP contribution in [0.1, 0.15) is 85.7 Å². The Hall–Kier alpha value is -2.77. The third-order valence-electron chi connectivity index (χ3n) is 7.98. The summed E-state index contributed by atoms with van der Waals surface area (Å²) in [5.74, 6) is 1.03. The van der Waals surface area contributed by atoms with E-state index in [1.807, 2.05) is 36.4 Å². The molecule has 6 nitrogen and oxygen atoms in total. The summed E-state index contributed by atoms with van der Waals surface area (Å²) < 4.78 is 2.12. The molecule has 1 fully saturated rings. The van der Waals surface area contributed by atoms with Gasteiger partial charge in [-0.2, -0.15) is 12.6 Å². The van der Waals surface area contributed by atoms with Crippen LogP contribution in [0.2, 0.25) is 5.15 Å². The first-order chi connectivity index (χ1) is 19.4. The Morgan fingerprint density at radius 1 is 1.12 bits per heavy atom. The maximum atomic E-state index is 13.2. The molecule has 214 valence electrons. The molecular weight excluding hydrogens is 542 g/mol. The first kappa shape index (κ1) is 30.2. The molecule has 1 unspecified atom stereocenters. The van der Waals surface area contributed by atoms with Gasteiger partial charge >= 0.3 is 5.97 Å². The summed E-state index contributed by atoms with van der Waals surface area (Å²) in [7, 11) is 0. The third kappa shape index (κ3) is 7.70. The molecule has 4 rings (SSSR count). The van der Waals surface area contributed by atoms with Gasteiger partial charge in [-0.1, -0.05) is 99.5 Å². The molecule has 2 aromatic carbocycles. The van der Waals surface area contributed by atoms with Gasteiger partial charge in [-0.15, -0.1) is 0 Å². The van der Waals surface area contributed by atoms with Crippen LogP contribution in [0.3, 0.4) is 0 Å². The summed E-state index contributed by atoms with van der Waals surface area (Å²) >= 11 is 11.1. The zero-order chi connectivity index (χ0) is 28.5. The fourth-order valence-electron chi connectivity index (χ4n) is 5.68. The smallest absolute Gasteiger partial charge is 0.336 e. The van der Waals surface area contributed by atoms with Crippen LogP contribution in [-0.2, 0) is 24.3 Å². The van der Waals surface area contributed by atoms with E-state index in [-0.39, 0.29) is 17.4 Å². The van der Waals surface area contributed by atoms with Crippen molar-refractivity contribution in [1.82, 2.24) is 14.9 Å². The first-order valence-electron chi connectivity index (χ1n) is 14.4. The van der Waals surface area contributed by atoms with Gasteiger partial charge in [0.25, 0.3) is 0 Å². The Morgan fingerprint density at radius 2 is 1.85 bits per heavy atom. The minimum absolute atomic E-state index is 0.0287. The highest BCUT2D eigenvalue weighted by Crippen LogP contribution is 2.30. The number of carboxylic acids is 1. The summed E-state index contributed by atoms with van der Waals surface area (Å²) in [5.41, 5.74) is 3.66. The quantitative estimate of drug-likeness (QED) is 0.183. The molecule has 1 amide bonds. The van der Waals surface area contributed by atoms with E-state index < -0.39 is 5.97 Å². The van der Waals surface area contributed by atoms with Crippen molar-refractivity contribution in [2.75, 3.05) is 5.75 Å². The fourth-order valence-corrected chi connectivity index (χ4v) is 6.27. The van der Waals surface area contributed by atoms with E-state index in [4.69, 9.17) is 11.6 Å². The van der Waals surface area contributed by atoms with Crippen molar-refractivity contribution in [2.45, 2.75) is 77.8 Å². The molecule has 0 bridgehead atoms. The van der Waals surface area contributed by atoms with Crippen molar-refractivity contribution < 1.29 is 14.7 Å². The lowest BCUT2D eigenvalue weighted by Crippen LogP contribution is -2.33. The van der Waals surface area contributed by atoms with Crippen molar-refractivity contribution in [1.29, 1.82) is 0 Å². The van der Waals surface area contributed by atoms with Gasteiger partial charge in [0.1, 0.15) is 5.82 Å². The van der Waals surface area contributed by atoms with Crippen molar-refractivity contribution in [2.24, 2.45) is 11.8 Å². The second-order valence-electron chi connectivity index (χ2n) is 10.8. The molecule has 1 saturated carbocycles. The largest absolute Gasteiger partial charge is 0.478 e. The van der Waals surface area contributed by atoms with E-state index >= 15 is 0 Å². The lowest BCUT2D eigenvalue weighted by atomic mass is 9.83. The van der Waals surface area contributed by atoms with Gasteiger partial charge in [0.15, 0.2) is 5.15 Å². The molecule has 1 aromatic heterocycles. The zero-order valence-corrected chi connectivity index (χ0v) is 24.9. The molecule has 0 aliphatic heterocycles. The predicted molar refractivity (Wildman–Crippen MR) is 164 cm³/mol. The molecule has 1 aliphatic carbocycles. The van der Waals surface area contributed by atoms with Gasteiger partial charge in [-0.05, 0) is 41.5 Å². The minimum Gasteiger partial charge on any atom is -0.478 e. The Bertz CT molecular complexity index is 1290. The van der Waals surface area contributed by atoms with Crippen LogP contribution < -0.4 is 5.32 Å². The third-order valence-corrected chi connectivity index (χ3v) is 8.73. The van der Waals surface area contributed by atoms with Crippen LogP contribution in [0.15, 0.2) is 48.5 Å². The number of hydrogen-bond donors (Lipinski definition) is 3. The molecule has 1 atom stereocenters. The van der Waals surface area contributed by atoms with Crippen molar-refractivity contribution in [3.05, 3.63) is 76.3 Å². The monoisotopic (exact) mass is 581 g/mol. The van der Waals surface area contributed by atoms with E-state index in [0.29, 0.717) is 35.5 Å². The molecule has 0 saturated heterocycles. The molecule has 1 aliphatic rings. The number of carbonyl (C=O) groups is 2. The summed E-state index contributed by atoms with van der Waals surface area (Å²) in [6.45, 7) is 3.02. The number of hydrogen-bond acceptors (Lipinski definition) is 4. The van der Waals surface area contributed by atoms with Crippen LogP contribution in [0.25, 0.3) is 11.1 Å². The molecule has 2 N–H and O–H groups in total. The predicted octanol–water partition coefficient (Wildman–Crippen LogP) is 7.43. The molecule has 0 radical (unpaired) electrons. The number of amides is 1. The number of carboxylic acid groups (broad SMARTS) is 1. The maximum absolute atomic E-state index is 13.2. The molecule has 8 heteroatoms. The van der Waals surface area contributed by atoms with Gasteiger partial charge in [0, 0.05) is 24.6 Å². The number of unbranched alkanes of at least 4 members (excludes halogenated alkanes) is 1. The van der Waals surface area contributed by atoms with Gasteiger partial charge in [0.2, 0.25) is 5.91 Å². The fraction of sp³-hybridized carbons (Fsp3) is 0.469. The van der Waals surface area contributed by atoms with Crippen LogP contribution in [-0.4, -0.2) is 32.3 Å². The number of aromatic nitrogens is 2. The average molecular weight is 582 g/mol. The summed E-state index contributed by atoms with van der Waals surface area (Å²) in [5, 5.41) is 13.1. The number of benzene rings is 2. The molecule has 3 aromatic rings. The number of rotatable bonds is 13. The van der Waals surface area contributed by atoms with E-state index in [9.17, 15) is 14.7 Å². The molecular formula is C32H40ClN3O3S. The van der Waals surface area contributed by atoms with E-state index in [1.54, 1.807) is 12.1 Å². The number of aryl methyl sites for hydroxylation is 1. The molecule has 0 spiro atoms. The van der Waals surface area contributed by atoms with E-state index in [0.717, 1.165) is 48.3 Å². The van der Waals surface area contributed by atoms with Crippen molar-refractivity contribution in [3.63, 3.8) is 0 Å². The van der Waals surface area contributed by atoms with Gasteiger partial charge in [-0.3, -0.25) is 4.79 Å². The summed E-state index contributed by atoms with van der Waals surface area (Å²) in [6.07, 6.45) is 9.95. The zero-order valence-electron chi connectivity index (χ0n) is 23.2. The SMILES string of the molecule is CCCCc1nc(Cl)c(CNC(=O)C(CS)CC2CCCCC2)n1Cc1ccc(-c2ccccc2C(=O)O)cc1. The Morgan fingerprint density at radius 3 is 2.52 bits per heavy atom. The van der Waals surface area contributed by atoms with Crippen LogP contribution in [0.4, 0.5) is 0 Å². The lowest BCUT2D eigenvalue weighted by Gasteiger charge is -2.25. The number of carbonyl (C=O) groups excluding carboxylic acids is 1. The highest BCUT2D eigenvalue weighted by molar-refractivity contribution is 7.80. The van der Waals surface area contributed by atoms with E-state index in [2.05, 4.69) is 34.4 Å². The number of nitrogens with one attached hydrogen (secondary N) is 1. The normalized spacial score (nSPS) is 14.7. The number of nitrogens with zero attached hydrogens (tertiary/aromatic N) is 2. The van der Waals surface area contributed by atoms with Gasteiger partial charge in [0.05, 0.1) is 17.8 Å². The minimum atomic E-state index is -0.945. The van der Waals surface area contributed by atoms with Crippen molar-refractivity contribution in [3.8, 4) is 11.1 Å². The number of halogens is 1. The molecule has 40 heavy (non-hydrogen) atoms. The highest BCUT2D eigenvalue weighted by Gasteiger charge is 2.24. The summed E-state index contributed by atoms with van der Waals surface area (Å²) in [4.78, 5) is 29.5.